The molecular weight excluding hydrogens is 655 g/mol. The van der Waals surface area contributed by atoms with Crippen molar-refractivity contribution in [2.45, 2.75) is 220 Å². The van der Waals surface area contributed by atoms with Gasteiger partial charge in [-0.2, -0.15) is 15.0 Å². The normalized spacial score (nSPS) is 19.8. The van der Waals surface area contributed by atoms with Gasteiger partial charge in [-0.3, -0.25) is 0 Å². The summed E-state index contributed by atoms with van der Waals surface area (Å²) in [4.78, 5) is 26.4. The SMILES string of the molecule is CCCCN(CCCC)c1nc(N(CCCC)CCCC)nc(N(CCCCCCN(C)C2CC(C)(C)NC(C)(C)C2)C2CC(C)(C)NC(C)(C)C2)n1. The fourth-order valence-electron chi connectivity index (χ4n) is 9.47. The van der Waals surface area contributed by atoms with Gasteiger partial charge >= 0.3 is 0 Å². The van der Waals surface area contributed by atoms with Crippen molar-refractivity contribution in [2.75, 3.05) is 61.0 Å². The van der Waals surface area contributed by atoms with Crippen LogP contribution in [0, 0.1) is 0 Å². The van der Waals surface area contributed by atoms with E-state index in [4.69, 9.17) is 15.0 Å². The first-order chi connectivity index (χ1) is 24.9. The van der Waals surface area contributed by atoms with Crippen molar-refractivity contribution < 1.29 is 0 Å². The quantitative estimate of drug-likeness (QED) is 0.101. The fraction of sp³-hybridized carbons (Fsp3) is 0.932. The second-order valence-corrected chi connectivity index (χ2v) is 19.6. The largest absolute Gasteiger partial charge is 0.341 e. The Morgan fingerprint density at radius 2 is 0.792 bits per heavy atom. The Morgan fingerprint density at radius 3 is 1.17 bits per heavy atom. The molecule has 2 fully saturated rings. The van der Waals surface area contributed by atoms with Crippen molar-refractivity contribution >= 4 is 17.8 Å². The van der Waals surface area contributed by atoms with E-state index in [0.717, 1.165) is 95.5 Å². The maximum Gasteiger partial charge on any atom is 0.232 e. The Morgan fingerprint density at radius 1 is 0.453 bits per heavy atom. The standard InChI is InChI=1S/C44H87N9/c1-14-18-27-51(28-19-15-2)38-45-39(52(29-20-16-3)30-21-17-4)47-40(46-38)53(37-34-43(9,10)49-44(11,12)35-37)31-25-23-22-24-26-50(13)36-32-41(5,6)48-42(7,8)33-36/h36-37,48-49H,14-35H2,1-13H3. The molecule has 9 heteroatoms. The average molecular weight is 742 g/mol. The highest BCUT2D eigenvalue weighted by molar-refractivity contribution is 5.47. The zero-order valence-electron chi connectivity index (χ0n) is 37.3. The van der Waals surface area contributed by atoms with Gasteiger partial charge in [-0.15, -0.1) is 0 Å². The molecule has 0 unspecified atom stereocenters. The third-order valence-electron chi connectivity index (χ3n) is 11.6. The van der Waals surface area contributed by atoms with Gasteiger partial charge in [-0.25, -0.2) is 0 Å². The van der Waals surface area contributed by atoms with Crippen LogP contribution in [0.15, 0.2) is 0 Å². The van der Waals surface area contributed by atoms with Crippen molar-refractivity contribution in [3.63, 3.8) is 0 Å². The number of unbranched alkanes of at least 4 members (excludes halogenated alkanes) is 7. The van der Waals surface area contributed by atoms with Gasteiger partial charge in [0.15, 0.2) is 0 Å². The highest BCUT2D eigenvalue weighted by atomic mass is 15.4. The Labute approximate surface area is 328 Å². The lowest BCUT2D eigenvalue weighted by molar-refractivity contribution is 0.0805. The predicted octanol–water partition coefficient (Wildman–Crippen LogP) is 9.60. The first-order valence-corrected chi connectivity index (χ1v) is 22.2. The zero-order chi connectivity index (χ0) is 39.3. The molecule has 0 saturated carbocycles. The molecule has 0 bridgehead atoms. The maximum absolute atomic E-state index is 5.44. The van der Waals surface area contributed by atoms with Crippen molar-refractivity contribution in [3.8, 4) is 0 Å². The van der Waals surface area contributed by atoms with Gasteiger partial charge in [0.2, 0.25) is 17.8 Å². The fourth-order valence-corrected chi connectivity index (χ4v) is 9.47. The van der Waals surface area contributed by atoms with Crippen LogP contribution in [0.3, 0.4) is 0 Å². The number of aromatic nitrogens is 3. The molecule has 53 heavy (non-hydrogen) atoms. The highest BCUT2D eigenvalue weighted by Gasteiger charge is 2.41. The van der Waals surface area contributed by atoms with Gasteiger partial charge in [0.1, 0.15) is 0 Å². The predicted molar refractivity (Wildman–Crippen MR) is 231 cm³/mol. The van der Waals surface area contributed by atoms with Crippen LogP contribution in [-0.4, -0.2) is 100 Å². The molecule has 0 radical (unpaired) electrons. The van der Waals surface area contributed by atoms with E-state index in [-0.39, 0.29) is 22.2 Å². The monoisotopic (exact) mass is 742 g/mol. The second kappa shape index (κ2) is 21.0. The molecule has 2 saturated heterocycles. The lowest BCUT2D eigenvalue weighted by Gasteiger charge is -2.49. The summed E-state index contributed by atoms with van der Waals surface area (Å²) in [7, 11) is 2.36. The molecule has 2 N–H and O–H groups in total. The molecule has 2 aliphatic heterocycles. The average Bonchev–Trinajstić information content (AvgIpc) is 3.05. The lowest BCUT2D eigenvalue weighted by Crippen LogP contribution is -2.62. The second-order valence-electron chi connectivity index (χ2n) is 19.6. The molecule has 308 valence electrons. The molecule has 3 heterocycles. The van der Waals surface area contributed by atoms with Crippen LogP contribution < -0.4 is 25.3 Å². The van der Waals surface area contributed by atoms with E-state index in [1.54, 1.807) is 0 Å². The van der Waals surface area contributed by atoms with Crippen LogP contribution in [0.4, 0.5) is 17.8 Å². The lowest BCUT2D eigenvalue weighted by atomic mass is 9.79. The van der Waals surface area contributed by atoms with Crippen LogP contribution in [0.5, 0.6) is 0 Å². The number of anilines is 3. The number of hydrogen-bond acceptors (Lipinski definition) is 9. The number of rotatable bonds is 24. The molecule has 0 amide bonds. The summed E-state index contributed by atoms with van der Waals surface area (Å²) in [5, 5.41) is 7.81. The summed E-state index contributed by atoms with van der Waals surface area (Å²) in [6.07, 6.45) is 18.7. The molecule has 0 spiro atoms. The van der Waals surface area contributed by atoms with Crippen molar-refractivity contribution in [1.82, 2.24) is 30.5 Å². The van der Waals surface area contributed by atoms with Crippen LogP contribution >= 0.6 is 0 Å². The van der Waals surface area contributed by atoms with Gasteiger partial charge in [-0.05, 0) is 133 Å². The Kier molecular flexibility index (Phi) is 18.1. The molecule has 3 rings (SSSR count). The van der Waals surface area contributed by atoms with Crippen molar-refractivity contribution in [3.05, 3.63) is 0 Å². The molecule has 1 aromatic heterocycles. The smallest absolute Gasteiger partial charge is 0.232 e. The number of hydrogen-bond donors (Lipinski definition) is 2. The van der Waals surface area contributed by atoms with Crippen molar-refractivity contribution in [1.29, 1.82) is 0 Å². The molecule has 2 aliphatic rings. The van der Waals surface area contributed by atoms with Gasteiger partial charge in [-0.1, -0.05) is 66.2 Å². The van der Waals surface area contributed by atoms with Crippen LogP contribution in [0.25, 0.3) is 0 Å². The zero-order valence-corrected chi connectivity index (χ0v) is 37.3. The first kappa shape index (κ1) is 45.7. The number of piperidine rings is 2. The topological polar surface area (TPSA) is 75.7 Å². The minimum atomic E-state index is 0.0360. The summed E-state index contributed by atoms with van der Waals surface area (Å²) in [5.41, 5.74) is 0.439. The molecule has 9 nitrogen and oxygen atoms in total. The molecule has 1 aromatic rings. The van der Waals surface area contributed by atoms with Crippen LogP contribution in [0.1, 0.15) is 186 Å². The van der Waals surface area contributed by atoms with E-state index in [1.165, 1.54) is 64.3 Å². The van der Waals surface area contributed by atoms with Gasteiger partial charge in [0.25, 0.3) is 0 Å². The van der Waals surface area contributed by atoms with Gasteiger partial charge < -0.3 is 30.2 Å². The van der Waals surface area contributed by atoms with E-state index in [2.05, 4.69) is 120 Å². The number of nitrogens with one attached hydrogen (secondary N) is 2. The summed E-state index contributed by atoms with van der Waals surface area (Å²) in [5.74, 6) is 2.67. The van der Waals surface area contributed by atoms with E-state index >= 15 is 0 Å². The van der Waals surface area contributed by atoms with E-state index in [1.807, 2.05) is 0 Å². The summed E-state index contributed by atoms with van der Waals surface area (Å²) >= 11 is 0. The van der Waals surface area contributed by atoms with E-state index in [0.29, 0.717) is 12.1 Å². The third-order valence-corrected chi connectivity index (χ3v) is 11.6. The Hall–Kier alpha value is -1.71. The summed E-state index contributed by atoms with van der Waals surface area (Å²) < 4.78 is 0. The highest BCUT2D eigenvalue weighted by Crippen LogP contribution is 2.35. The van der Waals surface area contributed by atoms with Crippen LogP contribution in [-0.2, 0) is 0 Å². The summed E-state index contributed by atoms with van der Waals surface area (Å²) in [6.45, 7) is 34.3. The molecular formula is C44H87N9. The number of nitrogens with zero attached hydrogens (tertiary/aromatic N) is 7. The Bertz CT molecular complexity index is 1100. The molecule has 0 aromatic carbocycles. The van der Waals surface area contributed by atoms with E-state index in [9.17, 15) is 0 Å². The molecule has 0 atom stereocenters. The minimum absolute atomic E-state index is 0.0360. The summed E-state index contributed by atoms with van der Waals surface area (Å²) in [6, 6.07) is 1.00. The Balaban J connectivity index is 1.89. The maximum atomic E-state index is 5.44. The van der Waals surface area contributed by atoms with Gasteiger partial charge in [0, 0.05) is 67.0 Å². The van der Waals surface area contributed by atoms with E-state index < -0.39 is 0 Å². The third kappa shape index (κ3) is 15.4. The van der Waals surface area contributed by atoms with Gasteiger partial charge in [0.05, 0.1) is 0 Å². The molecule has 0 aliphatic carbocycles. The minimum Gasteiger partial charge on any atom is -0.341 e. The first-order valence-electron chi connectivity index (χ1n) is 22.2. The van der Waals surface area contributed by atoms with Crippen molar-refractivity contribution in [2.24, 2.45) is 0 Å². The van der Waals surface area contributed by atoms with Crippen LogP contribution in [0.2, 0.25) is 0 Å².